The average Bonchev–Trinajstić information content (AvgIpc) is 2.92. The van der Waals surface area contributed by atoms with E-state index in [1.54, 1.807) is 12.1 Å². The molecule has 0 aliphatic heterocycles. The maximum atomic E-state index is 12.2. The molecule has 0 unspecified atom stereocenters. The molecule has 0 N–H and O–H groups in total. The van der Waals surface area contributed by atoms with Crippen LogP contribution in [0.3, 0.4) is 0 Å². The summed E-state index contributed by atoms with van der Waals surface area (Å²) in [5.74, 6) is 0.118. The second-order valence-corrected chi connectivity index (χ2v) is 10.1. The zero-order valence-electron chi connectivity index (χ0n) is 23.3. The highest BCUT2D eigenvalue weighted by molar-refractivity contribution is 5.90. The molecule has 0 aliphatic rings. The van der Waals surface area contributed by atoms with E-state index in [1.165, 1.54) is 70.6 Å². The Morgan fingerprint density at radius 1 is 0.568 bits per heavy atom. The van der Waals surface area contributed by atoms with Crippen LogP contribution in [-0.4, -0.2) is 18.5 Å². The molecule has 204 valence electrons. The number of rotatable bonds is 20. The summed E-state index contributed by atoms with van der Waals surface area (Å²) in [4.78, 5) is 24.3. The van der Waals surface area contributed by atoms with Gasteiger partial charge in [-0.1, -0.05) is 122 Å². The summed E-state index contributed by atoms with van der Waals surface area (Å²) in [5, 5.41) is 0. The smallest absolute Gasteiger partial charge is 0.338 e. The lowest BCUT2D eigenvalue weighted by molar-refractivity contribution is -0.134. The van der Waals surface area contributed by atoms with Crippen molar-refractivity contribution in [3.05, 3.63) is 54.1 Å². The number of ether oxygens (including phenoxy) is 2. The lowest BCUT2D eigenvalue weighted by Gasteiger charge is -2.08. The van der Waals surface area contributed by atoms with E-state index < -0.39 is 0 Å². The molecular formula is C33H48O4. The molecule has 37 heavy (non-hydrogen) atoms. The molecule has 4 heteroatoms. The first-order valence-corrected chi connectivity index (χ1v) is 14.7. The van der Waals surface area contributed by atoms with Gasteiger partial charge in [-0.2, -0.15) is 0 Å². The first-order valence-electron chi connectivity index (χ1n) is 14.7. The van der Waals surface area contributed by atoms with E-state index in [1.807, 2.05) is 36.4 Å². The van der Waals surface area contributed by atoms with Crippen molar-refractivity contribution >= 4 is 11.9 Å². The van der Waals surface area contributed by atoms with Crippen molar-refractivity contribution < 1.29 is 19.1 Å². The number of benzene rings is 2. The van der Waals surface area contributed by atoms with E-state index >= 15 is 0 Å². The van der Waals surface area contributed by atoms with Gasteiger partial charge in [0.05, 0.1) is 12.2 Å². The van der Waals surface area contributed by atoms with Crippen molar-refractivity contribution in [1.29, 1.82) is 0 Å². The monoisotopic (exact) mass is 508 g/mol. The summed E-state index contributed by atoms with van der Waals surface area (Å²) in [6.45, 7) is 4.79. The minimum absolute atomic E-state index is 0.165. The summed E-state index contributed by atoms with van der Waals surface area (Å²) in [6.07, 6.45) is 19.1. The van der Waals surface area contributed by atoms with Gasteiger partial charge in [0.2, 0.25) is 0 Å². The van der Waals surface area contributed by atoms with E-state index in [4.69, 9.17) is 9.47 Å². The molecule has 0 saturated heterocycles. The second kappa shape index (κ2) is 19.5. The van der Waals surface area contributed by atoms with Gasteiger partial charge in [0.25, 0.3) is 0 Å². The van der Waals surface area contributed by atoms with Gasteiger partial charge >= 0.3 is 11.9 Å². The van der Waals surface area contributed by atoms with Crippen molar-refractivity contribution in [2.45, 2.75) is 117 Å². The molecule has 0 saturated carbocycles. The Bertz CT molecular complexity index is 870. The summed E-state index contributed by atoms with van der Waals surface area (Å²) in [5.41, 5.74) is 2.55. The SMILES string of the molecule is CCCCCCCCCCCCCCCC(=O)Oc1ccc(-c2ccc(C(=O)OCCCC)cc2)cc1. The van der Waals surface area contributed by atoms with Crippen LogP contribution in [0, 0.1) is 0 Å². The van der Waals surface area contributed by atoms with E-state index in [0.717, 1.165) is 36.8 Å². The summed E-state index contributed by atoms with van der Waals surface area (Å²) in [6, 6.07) is 14.9. The number of hydrogen-bond donors (Lipinski definition) is 0. The molecule has 0 amide bonds. The van der Waals surface area contributed by atoms with Crippen molar-refractivity contribution in [1.82, 2.24) is 0 Å². The molecule has 0 radical (unpaired) electrons. The third-order valence-electron chi connectivity index (χ3n) is 6.76. The van der Waals surface area contributed by atoms with Crippen LogP contribution >= 0.6 is 0 Å². The van der Waals surface area contributed by atoms with E-state index in [-0.39, 0.29) is 11.9 Å². The van der Waals surface area contributed by atoms with Crippen molar-refractivity contribution in [3.8, 4) is 16.9 Å². The van der Waals surface area contributed by atoms with Crippen LogP contribution in [0.25, 0.3) is 11.1 Å². The van der Waals surface area contributed by atoms with Gasteiger partial charge in [0, 0.05) is 6.42 Å². The van der Waals surface area contributed by atoms with Crippen molar-refractivity contribution in [3.63, 3.8) is 0 Å². The number of carbonyl (C=O) groups is 2. The minimum Gasteiger partial charge on any atom is -0.462 e. The summed E-state index contributed by atoms with van der Waals surface area (Å²) < 4.78 is 10.8. The first kappa shape index (κ1) is 30.6. The fraction of sp³-hybridized carbons (Fsp3) is 0.576. The van der Waals surface area contributed by atoms with Gasteiger partial charge in [-0.3, -0.25) is 4.79 Å². The maximum Gasteiger partial charge on any atom is 0.338 e. The third kappa shape index (κ3) is 13.5. The Morgan fingerprint density at radius 2 is 1.03 bits per heavy atom. The molecule has 0 spiro atoms. The largest absolute Gasteiger partial charge is 0.462 e. The maximum absolute atomic E-state index is 12.2. The highest BCUT2D eigenvalue weighted by atomic mass is 16.5. The fourth-order valence-corrected chi connectivity index (χ4v) is 4.38. The molecule has 0 bridgehead atoms. The molecule has 2 aromatic rings. The van der Waals surface area contributed by atoms with E-state index in [0.29, 0.717) is 24.3 Å². The quantitative estimate of drug-likeness (QED) is 0.101. The zero-order valence-corrected chi connectivity index (χ0v) is 23.3. The average molecular weight is 509 g/mol. The lowest BCUT2D eigenvalue weighted by Crippen LogP contribution is -2.07. The van der Waals surface area contributed by atoms with Gasteiger partial charge in [-0.05, 0) is 48.2 Å². The van der Waals surface area contributed by atoms with Gasteiger partial charge in [-0.25, -0.2) is 4.79 Å². The molecule has 0 heterocycles. The van der Waals surface area contributed by atoms with Crippen molar-refractivity contribution in [2.24, 2.45) is 0 Å². The molecule has 4 nitrogen and oxygen atoms in total. The molecule has 0 aromatic heterocycles. The number of unbranched alkanes of at least 4 members (excludes halogenated alkanes) is 13. The number of esters is 2. The predicted octanol–water partition coefficient (Wildman–Crippen LogP) is 9.70. The Kier molecular flexibility index (Phi) is 16.1. The molecular weight excluding hydrogens is 460 g/mol. The fourth-order valence-electron chi connectivity index (χ4n) is 4.38. The number of hydrogen-bond acceptors (Lipinski definition) is 4. The van der Waals surface area contributed by atoms with Crippen LogP contribution in [-0.2, 0) is 9.53 Å². The predicted molar refractivity (Wildman–Crippen MR) is 153 cm³/mol. The standard InChI is InChI=1S/C33H48O4/c1-3-5-7-8-9-10-11-12-13-14-15-16-17-18-32(34)37-31-25-23-29(24-26-31)28-19-21-30(22-20-28)33(35)36-27-6-4-2/h19-26H,3-18,27H2,1-2H3. The van der Waals surface area contributed by atoms with Crippen LogP contribution in [0.2, 0.25) is 0 Å². The topological polar surface area (TPSA) is 52.6 Å². The highest BCUT2D eigenvalue weighted by Gasteiger charge is 2.08. The Morgan fingerprint density at radius 3 is 1.54 bits per heavy atom. The third-order valence-corrected chi connectivity index (χ3v) is 6.76. The summed E-state index contributed by atoms with van der Waals surface area (Å²) in [7, 11) is 0. The Labute approximate surface area is 225 Å². The highest BCUT2D eigenvalue weighted by Crippen LogP contribution is 2.23. The van der Waals surface area contributed by atoms with Crippen LogP contribution in [0.15, 0.2) is 48.5 Å². The Hall–Kier alpha value is -2.62. The molecule has 2 rings (SSSR count). The van der Waals surface area contributed by atoms with Crippen molar-refractivity contribution in [2.75, 3.05) is 6.61 Å². The van der Waals surface area contributed by atoms with Gasteiger partial charge < -0.3 is 9.47 Å². The van der Waals surface area contributed by atoms with Crippen LogP contribution < -0.4 is 4.74 Å². The summed E-state index contributed by atoms with van der Waals surface area (Å²) >= 11 is 0. The normalized spacial score (nSPS) is 10.9. The molecule has 0 fully saturated rings. The van der Waals surface area contributed by atoms with E-state index in [9.17, 15) is 9.59 Å². The Balaban J connectivity index is 1.57. The van der Waals surface area contributed by atoms with Crippen LogP contribution in [0.5, 0.6) is 5.75 Å². The van der Waals surface area contributed by atoms with Crippen LogP contribution in [0.1, 0.15) is 127 Å². The van der Waals surface area contributed by atoms with Gasteiger partial charge in [0.1, 0.15) is 5.75 Å². The van der Waals surface area contributed by atoms with Gasteiger partial charge in [-0.15, -0.1) is 0 Å². The lowest BCUT2D eigenvalue weighted by atomic mass is 10.0. The van der Waals surface area contributed by atoms with E-state index in [2.05, 4.69) is 13.8 Å². The molecule has 0 atom stereocenters. The minimum atomic E-state index is -0.286. The molecule has 2 aromatic carbocycles. The second-order valence-electron chi connectivity index (χ2n) is 10.1. The molecule has 0 aliphatic carbocycles. The zero-order chi connectivity index (χ0) is 26.6. The number of carbonyl (C=O) groups excluding carboxylic acids is 2. The first-order chi connectivity index (χ1) is 18.1. The van der Waals surface area contributed by atoms with Crippen LogP contribution in [0.4, 0.5) is 0 Å². The van der Waals surface area contributed by atoms with Gasteiger partial charge in [0.15, 0.2) is 0 Å².